The molecule has 0 bridgehead atoms. The van der Waals surface area contributed by atoms with Gasteiger partial charge in [-0.2, -0.15) is 7.05 Å². The third kappa shape index (κ3) is 1.16. The predicted molar refractivity (Wildman–Crippen MR) is 29.8 cm³/mol. The van der Waals surface area contributed by atoms with Crippen molar-refractivity contribution in [1.82, 2.24) is 0 Å². The smallest absolute Gasteiger partial charge is 0.0558 e. The molecule has 0 aromatic rings. The molecule has 0 saturated carbocycles. The van der Waals surface area contributed by atoms with E-state index in [2.05, 4.69) is 14.0 Å². The van der Waals surface area contributed by atoms with Crippen LogP contribution in [0.4, 0.5) is 0 Å². The minimum absolute atomic E-state index is 0.924. The molecule has 1 unspecified atom stereocenters. The predicted octanol–water partition coefficient (Wildman–Crippen LogP) is -0.297. The average molecular weight is 99.2 g/mol. The van der Waals surface area contributed by atoms with Gasteiger partial charge in [0.05, 0.1) is 13.1 Å². The third-order valence-electron chi connectivity index (χ3n) is 1.63. The molecule has 42 valence electrons. The summed E-state index contributed by atoms with van der Waals surface area (Å²) in [5.74, 6) is 0.924. The summed E-state index contributed by atoms with van der Waals surface area (Å²) in [5.41, 5.74) is 0. The van der Waals surface area contributed by atoms with Crippen LogP contribution >= 0.6 is 0 Å². The Labute approximate surface area is 45.3 Å². The summed E-state index contributed by atoms with van der Waals surface area (Å²) < 4.78 is 0. The second-order valence-corrected chi connectivity index (χ2v) is 2.60. The molecule has 0 amide bonds. The zero-order valence-corrected chi connectivity index (χ0v) is 4.91. The maximum atomic E-state index is 3.90. The van der Waals surface area contributed by atoms with Crippen molar-refractivity contribution in [2.24, 2.45) is 5.92 Å². The van der Waals surface area contributed by atoms with Crippen LogP contribution in [0.2, 0.25) is 0 Å². The molecule has 1 rings (SSSR count). The van der Waals surface area contributed by atoms with E-state index < -0.39 is 0 Å². The van der Waals surface area contributed by atoms with E-state index in [0.29, 0.717) is 0 Å². The molecular formula is C6H13N. The van der Waals surface area contributed by atoms with Crippen LogP contribution in [0.1, 0.15) is 13.3 Å². The van der Waals surface area contributed by atoms with Crippen LogP contribution in [0.15, 0.2) is 0 Å². The Morgan fingerprint density at radius 1 is 1.71 bits per heavy atom. The van der Waals surface area contributed by atoms with Gasteiger partial charge in [-0.3, -0.25) is 0 Å². The maximum absolute atomic E-state index is 3.90. The Hall–Kier alpha value is -0.0400. The Kier molecular flexibility index (Phi) is 1.33. The van der Waals surface area contributed by atoms with Crippen LogP contribution < -0.4 is 4.90 Å². The topological polar surface area (TPSA) is 4.44 Å². The van der Waals surface area contributed by atoms with Crippen molar-refractivity contribution in [2.45, 2.75) is 13.3 Å². The standard InChI is InChI=1S/C6H13N/c1-6-3-4-7(2)5-6/h6-7H,2-5H2,1H3/t6-/m0/s1. The van der Waals surface area contributed by atoms with Crippen molar-refractivity contribution in [1.29, 1.82) is 0 Å². The molecule has 0 aromatic carbocycles. The van der Waals surface area contributed by atoms with Gasteiger partial charge in [0.2, 0.25) is 0 Å². The molecule has 1 nitrogen and oxygen atoms in total. The molecule has 1 aliphatic heterocycles. The van der Waals surface area contributed by atoms with Gasteiger partial charge in [-0.25, -0.2) is 0 Å². The van der Waals surface area contributed by atoms with E-state index in [1.165, 1.54) is 24.4 Å². The van der Waals surface area contributed by atoms with Crippen molar-refractivity contribution in [3.63, 3.8) is 0 Å². The van der Waals surface area contributed by atoms with E-state index in [4.69, 9.17) is 0 Å². The van der Waals surface area contributed by atoms with Crippen LogP contribution in [0, 0.1) is 13.0 Å². The molecule has 0 radical (unpaired) electrons. The minimum atomic E-state index is 0.924. The normalized spacial score (nSPS) is 42.0. The third-order valence-corrected chi connectivity index (χ3v) is 1.63. The average Bonchev–Trinajstić information content (AvgIpc) is 1.87. The van der Waals surface area contributed by atoms with E-state index in [0.717, 1.165) is 5.92 Å². The molecule has 1 heterocycles. The number of hydrogen-bond acceptors (Lipinski definition) is 0. The number of nitrogens with one attached hydrogen (secondary N) is 1. The summed E-state index contributed by atoms with van der Waals surface area (Å²) in [4.78, 5) is 1.45. The first-order valence-corrected chi connectivity index (χ1v) is 2.95. The lowest BCUT2D eigenvalue weighted by Crippen LogP contribution is -3.04. The monoisotopic (exact) mass is 99.1 g/mol. The fourth-order valence-corrected chi connectivity index (χ4v) is 1.15. The van der Waals surface area contributed by atoms with Crippen LogP contribution in [-0.4, -0.2) is 13.1 Å². The lowest BCUT2D eigenvalue weighted by atomic mass is 10.2. The molecule has 0 aromatic heterocycles. The van der Waals surface area contributed by atoms with Gasteiger partial charge in [-0.15, -0.1) is 0 Å². The van der Waals surface area contributed by atoms with E-state index in [9.17, 15) is 0 Å². The van der Waals surface area contributed by atoms with Gasteiger partial charge >= 0.3 is 0 Å². The highest BCUT2D eigenvalue weighted by atomic mass is 15.1. The molecule has 1 N–H and O–H groups in total. The molecule has 0 aliphatic carbocycles. The van der Waals surface area contributed by atoms with Crippen LogP contribution in [-0.2, 0) is 0 Å². The second kappa shape index (κ2) is 1.83. The first-order chi connectivity index (χ1) is 3.29. The van der Waals surface area contributed by atoms with Gasteiger partial charge in [-0.1, -0.05) is 6.92 Å². The minimum Gasteiger partial charge on any atom is -0.468 e. The highest BCUT2D eigenvalue weighted by Gasteiger charge is 2.13. The molecule has 1 fully saturated rings. The van der Waals surface area contributed by atoms with Gasteiger partial charge in [0.15, 0.2) is 0 Å². The van der Waals surface area contributed by atoms with E-state index in [1.54, 1.807) is 0 Å². The molecular weight excluding hydrogens is 86.1 g/mol. The SMILES string of the molecule is [CH2-][NH+]1CC[C@H](C)C1. The summed E-state index contributed by atoms with van der Waals surface area (Å²) in [6.45, 7) is 4.85. The van der Waals surface area contributed by atoms with Crippen molar-refractivity contribution in [2.75, 3.05) is 13.1 Å². The van der Waals surface area contributed by atoms with Crippen molar-refractivity contribution < 1.29 is 4.90 Å². The fourth-order valence-electron chi connectivity index (χ4n) is 1.15. The van der Waals surface area contributed by atoms with Crippen molar-refractivity contribution in [3.8, 4) is 0 Å². The summed E-state index contributed by atoms with van der Waals surface area (Å²) >= 11 is 0. The van der Waals surface area contributed by atoms with Crippen molar-refractivity contribution >= 4 is 0 Å². The quantitative estimate of drug-likeness (QED) is 0.398. The van der Waals surface area contributed by atoms with E-state index >= 15 is 0 Å². The summed E-state index contributed by atoms with van der Waals surface area (Å²) in [6.07, 6.45) is 1.37. The van der Waals surface area contributed by atoms with Gasteiger partial charge in [0.1, 0.15) is 0 Å². The summed E-state index contributed by atoms with van der Waals surface area (Å²) in [6, 6.07) is 0. The van der Waals surface area contributed by atoms with Gasteiger partial charge < -0.3 is 4.90 Å². The number of likely N-dealkylation sites (tertiary alicyclic amines) is 1. The second-order valence-electron chi connectivity index (χ2n) is 2.60. The lowest BCUT2D eigenvalue weighted by Gasteiger charge is -2.10. The molecule has 7 heavy (non-hydrogen) atoms. The van der Waals surface area contributed by atoms with Crippen LogP contribution in [0.25, 0.3) is 0 Å². The number of rotatable bonds is 0. The molecule has 0 spiro atoms. The van der Waals surface area contributed by atoms with Gasteiger partial charge in [0.25, 0.3) is 0 Å². The summed E-state index contributed by atoms with van der Waals surface area (Å²) in [7, 11) is 3.90. The Morgan fingerprint density at radius 2 is 2.43 bits per heavy atom. The van der Waals surface area contributed by atoms with Crippen LogP contribution in [0.5, 0.6) is 0 Å². The first kappa shape index (κ1) is 5.10. The largest absolute Gasteiger partial charge is 0.468 e. The number of hydrogen-bond donors (Lipinski definition) is 1. The molecule has 1 saturated heterocycles. The zero-order valence-electron chi connectivity index (χ0n) is 4.91. The zero-order chi connectivity index (χ0) is 5.28. The maximum Gasteiger partial charge on any atom is 0.0558 e. The highest BCUT2D eigenvalue weighted by molar-refractivity contribution is 4.54. The van der Waals surface area contributed by atoms with Crippen LogP contribution in [0.3, 0.4) is 0 Å². The molecule has 2 atom stereocenters. The van der Waals surface area contributed by atoms with Crippen molar-refractivity contribution in [3.05, 3.63) is 7.05 Å². The fraction of sp³-hybridized carbons (Fsp3) is 0.833. The highest BCUT2D eigenvalue weighted by Crippen LogP contribution is 1.99. The lowest BCUT2D eigenvalue weighted by molar-refractivity contribution is -0.841. The van der Waals surface area contributed by atoms with E-state index in [-0.39, 0.29) is 0 Å². The number of quaternary nitrogens is 1. The first-order valence-electron chi connectivity index (χ1n) is 2.95. The molecule has 1 aliphatic rings. The van der Waals surface area contributed by atoms with Gasteiger partial charge in [0, 0.05) is 12.3 Å². The van der Waals surface area contributed by atoms with Gasteiger partial charge in [-0.05, 0) is 0 Å². The Balaban J connectivity index is 2.26. The van der Waals surface area contributed by atoms with E-state index in [1.807, 2.05) is 0 Å². The Morgan fingerprint density at radius 3 is 2.57 bits per heavy atom. The molecule has 1 heteroatoms. The summed E-state index contributed by atoms with van der Waals surface area (Å²) in [5, 5.41) is 0. The Bertz CT molecular complexity index is 53.2.